The van der Waals surface area contributed by atoms with Crippen molar-refractivity contribution in [3.8, 4) is 0 Å². The van der Waals surface area contributed by atoms with E-state index in [1.54, 1.807) is 4.31 Å². The van der Waals surface area contributed by atoms with Crippen molar-refractivity contribution in [2.24, 2.45) is 0 Å². The van der Waals surface area contributed by atoms with E-state index in [-0.39, 0.29) is 5.91 Å². The quantitative estimate of drug-likeness (QED) is 0.680. The van der Waals surface area contributed by atoms with Crippen molar-refractivity contribution in [1.82, 2.24) is 4.31 Å². The van der Waals surface area contributed by atoms with Crippen molar-refractivity contribution in [3.05, 3.63) is 69.8 Å². The first-order chi connectivity index (χ1) is 9.65. The molecule has 0 bridgehead atoms. The molecule has 4 heteroatoms. The molecule has 2 nitrogen and oxygen atoms in total. The van der Waals surface area contributed by atoms with Gasteiger partial charge in [-0.3, -0.25) is 4.79 Å². The van der Waals surface area contributed by atoms with Crippen LogP contribution in [0.3, 0.4) is 0 Å². The lowest BCUT2D eigenvalue weighted by Crippen LogP contribution is -2.24. The van der Waals surface area contributed by atoms with Gasteiger partial charge in [0.15, 0.2) is 0 Å². The van der Waals surface area contributed by atoms with E-state index >= 15 is 0 Å². The number of hydrogen-bond acceptors (Lipinski definition) is 2. The number of nitrogens with zero attached hydrogens (tertiary/aromatic N) is 1. The fraction of sp³-hybridized carbons (Fsp3) is 0.0625. The lowest BCUT2D eigenvalue weighted by atomic mass is 10.1. The second-order valence-corrected chi connectivity index (χ2v) is 6.43. The Labute approximate surface area is 130 Å². The lowest BCUT2D eigenvalue weighted by Gasteiger charge is -2.26. The number of benzene rings is 2. The number of carbonyl (C=O) groups is 1. The molecular formula is C16H12BrNOS. The molecule has 3 rings (SSSR count). The first kappa shape index (κ1) is 13.5. The van der Waals surface area contributed by atoms with Crippen LogP contribution in [0.15, 0.2) is 63.6 Å². The number of hydrogen-bond donors (Lipinski definition) is 0. The summed E-state index contributed by atoms with van der Waals surface area (Å²) in [6.07, 6.45) is 2.04. The van der Waals surface area contributed by atoms with Crippen LogP contribution in [0, 0.1) is 0 Å². The van der Waals surface area contributed by atoms with E-state index in [4.69, 9.17) is 0 Å². The van der Waals surface area contributed by atoms with E-state index in [0.717, 1.165) is 20.6 Å². The zero-order valence-corrected chi connectivity index (χ0v) is 13.2. The highest BCUT2D eigenvalue weighted by molar-refractivity contribution is 9.10. The molecule has 1 aliphatic rings. The topological polar surface area (TPSA) is 20.3 Å². The average molecular weight is 346 g/mol. The van der Waals surface area contributed by atoms with E-state index in [9.17, 15) is 4.79 Å². The van der Waals surface area contributed by atoms with Gasteiger partial charge in [-0.05, 0) is 60.8 Å². The summed E-state index contributed by atoms with van der Waals surface area (Å²) >= 11 is 4.94. The van der Waals surface area contributed by atoms with Gasteiger partial charge < -0.3 is 0 Å². The molecule has 1 amide bonds. The molecule has 0 saturated heterocycles. The summed E-state index contributed by atoms with van der Waals surface area (Å²) in [5, 5.41) is 0. The predicted octanol–water partition coefficient (Wildman–Crippen LogP) is 4.97. The van der Waals surface area contributed by atoms with Gasteiger partial charge >= 0.3 is 0 Å². The SMILES string of the molecule is CC1=Cc2cc(Br)ccc2SN1C(=O)c1ccccc1. The highest BCUT2D eigenvalue weighted by atomic mass is 79.9. The molecular weight excluding hydrogens is 334 g/mol. The van der Waals surface area contributed by atoms with Crippen molar-refractivity contribution in [3.63, 3.8) is 0 Å². The first-order valence-electron chi connectivity index (χ1n) is 6.20. The number of carbonyl (C=O) groups excluding carboxylic acids is 1. The number of rotatable bonds is 1. The zero-order chi connectivity index (χ0) is 14.1. The molecule has 1 aliphatic heterocycles. The Morgan fingerprint density at radius 1 is 1.15 bits per heavy atom. The Hall–Kier alpha value is -1.52. The number of allylic oxidation sites excluding steroid dienone is 1. The molecule has 2 aromatic rings. The molecule has 0 aliphatic carbocycles. The van der Waals surface area contributed by atoms with Crippen LogP contribution in [0.4, 0.5) is 0 Å². The Morgan fingerprint density at radius 3 is 2.65 bits per heavy atom. The normalized spacial score (nSPS) is 13.7. The van der Waals surface area contributed by atoms with Gasteiger partial charge in [0.2, 0.25) is 0 Å². The van der Waals surface area contributed by atoms with Gasteiger partial charge in [0.1, 0.15) is 0 Å². The maximum absolute atomic E-state index is 12.5. The van der Waals surface area contributed by atoms with E-state index in [0.29, 0.717) is 5.56 Å². The van der Waals surface area contributed by atoms with Gasteiger partial charge in [-0.1, -0.05) is 34.1 Å². The summed E-state index contributed by atoms with van der Waals surface area (Å²) < 4.78 is 2.79. The summed E-state index contributed by atoms with van der Waals surface area (Å²) in [5.41, 5.74) is 2.78. The van der Waals surface area contributed by atoms with Crippen molar-refractivity contribution in [2.45, 2.75) is 11.8 Å². The standard InChI is InChI=1S/C16H12BrNOS/c1-11-9-13-10-14(17)7-8-15(13)20-18(11)16(19)12-5-3-2-4-6-12/h2-10H,1H3. The first-order valence-corrected chi connectivity index (χ1v) is 7.77. The Kier molecular flexibility index (Phi) is 3.68. The van der Waals surface area contributed by atoms with E-state index in [1.807, 2.05) is 55.5 Å². The van der Waals surface area contributed by atoms with Crippen LogP contribution in [0.2, 0.25) is 0 Å². The Morgan fingerprint density at radius 2 is 1.90 bits per heavy atom. The minimum Gasteiger partial charge on any atom is -0.268 e. The highest BCUT2D eigenvalue weighted by Gasteiger charge is 2.23. The van der Waals surface area contributed by atoms with Crippen LogP contribution in [-0.4, -0.2) is 10.2 Å². The van der Waals surface area contributed by atoms with Crippen LogP contribution < -0.4 is 0 Å². The number of halogens is 1. The van der Waals surface area contributed by atoms with E-state index < -0.39 is 0 Å². The molecule has 0 spiro atoms. The van der Waals surface area contributed by atoms with E-state index in [2.05, 4.69) is 22.0 Å². The molecule has 1 heterocycles. The summed E-state index contributed by atoms with van der Waals surface area (Å²) in [4.78, 5) is 13.6. The van der Waals surface area contributed by atoms with Crippen LogP contribution in [0.5, 0.6) is 0 Å². The Balaban J connectivity index is 1.95. The third kappa shape index (κ3) is 2.53. The van der Waals surface area contributed by atoms with Crippen LogP contribution in [0.1, 0.15) is 22.8 Å². The van der Waals surface area contributed by atoms with Crippen LogP contribution in [-0.2, 0) is 0 Å². The van der Waals surface area contributed by atoms with Gasteiger partial charge in [-0.2, -0.15) is 0 Å². The third-order valence-corrected chi connectivity index (χ3v) is 4.75. The van der Waals surface area contributed by atoms with Gasteiger partial charge in [-0.15, -0.1) is 0 Å². The molecule has 100 valence electrons. The van der Waals surface area contributed by atoms with E-state index in [1.165, 1.54) is 11.9 Å². The van der Waals surface area contributed by atoms with Crippen molar-refractivity contribution < 1.29 is 4.79 Å². The van der Waals surface area contributed by atoms with Gasteiger partial charge in [0.05, 0.1) is 0 Å². The van der Waals surface area contributed by atoms with Crippen LogP contribution in [0.25, 0.3) is 6.08 Å². The fourth-order valence-electron chi connectivity index (χ4n) is 2.07. The van der Waals surface area contributed by atoms with Gasteiger partial charge in [-0.25, -0.2) is 4.31 Å². The maximum atomic E-state index is 12.5. The molecule has 0 aromatic heterocycles. The maximum Gasteiger partial charge on any atom is 0.268 e. The molecule has 0 radical (unpaired) electrons. The van der Waals surface area contributed by atoms with Gasteiger partial charge in [0.25, 0.3) is 5.91 Å². The zero-order valence-electron chi connectivity index (χ0n) is 10.8. The van der Waals surface area contributed by atoms with Crippen LogP contribution >= 0.6 is 27.9 Å². The summed E-state index contributed by atoms with van der Waals surface area (Å²) in [6, 6.07) is 15.4. The summed E-state index contributed by atoms with van der Waals surface area (Å²) in [6.45, 7) is 1.96. The molecule has 0 fully saturated rings. The summed E-state index contributed by atoms with van der Waals surface area (Å²) in [5.74, 6) is 0.0120. The minimum atomic E-state index is 0.0120. The second-order valence-electron chi connectivity index (χ2n) is 4.52. The molecule has 0 unspecified atom stereocenters. The average Bonchev–Trinajstić information content (AvgIpc) is 2.46. The molecule has 0 atom stereocenters. The monoisotopic (exact) mass is 345 g/mol. The fourth-order valence-corrected chi connectivity index (χ4v) is 3.38. The molecule has 0 N–H and O–H groups in total. The Bertz CT molecular complexity index is 697. The van der Waals surface area contributed by atoms with Crippen molar-refractivity contribution in [1.29, 1.82) is 0 Å². The molecule has 20 heavy (non-hydrogen) atoms. The third-order valence-electron chi connectivity index (χ3n) is 3.05. The molecule has 2 aromatic carbocycles. The lowest BCUT2D eigenvalue weighted by molar-refractivity contribution is 0.0898. The summed E-state index contributed by atoms with van der Waals surface area (Å²) in [7, 11) is 0. The smallest absolute Gasteiger partial charge is 0.268 e. The van der Waals surface area contributed by atoms with Crippen molar-refractivity contribution >= 4 is 39.9 Å². The molecule has 0 saturated carbocycles. The van der Waals surface area contributed by atoms with Gasteiger partial charge in [0, 0.05) is 20.6 Å². The minimum absolute atomic E-state index is 0.0120. The number of fused-ring (bicyclic) bond motifs is 1. The largest absolute Gasteiger partial charge is 0.268 e. The number of amides is 1. The predicted molar refractivity (Wildman–Crippen MR) is 86.3 cm³/mol. The van der Waals surface area contributed by atoms with Crippen molar-refractivity contribution in [2.75, 3.05) is 0 Å². The highest BCUT2D eigenvalue weighted by Crippen LogP contribution is 2.38. The second kappa shape index (κ2) is 5.46.